The number of rotatable bonds is 10. The van der Waals surface area contributed by atoms with Crippen LogP contribution in [0, 0.1) is 17.2 Å². The topological polar surface area (TPSA) is 172 Å². The summed E-state index contributed by atoms with van der Waals surface area (Å²) in [6, 6.07) is 15.9. The van der Waals surface area contributed by atoms with Gasteiger partial charge >= 0.3 is 6.03 Å². The number of aromatic nitrogens is 1. The molecule has 6 amide bonds. The molecule has 1 saturated carbocycles. The number of amides is 6. The van der Waals surface area contributed by atoms with Crippen LogP contribution in [0.2, 0.25) is 5.02 Å². The van der Waals surface area contributed by atoms with Crippen LogP contribution in [-0.2, 0) is 9.59 Å². The van der Waals surface area contributed by atoms with Gasteiger partial charge in [0.05, 0.1) is 33.6 Å². The Kier molecular flexibility index (Phi) is 11.9. The van der Waals surface area contributed by atoms with Crippen LogP contribution in [0.5, 0.6) is 5.75 Å². The van der Waals surface area contributed by atoms with Gasteiger partial charge in [-0.05, 0) is 101 Å². The van der Waals surface area contributed by atoms with E-state index >= 15 is 0 Å². The predicted molar refractivity (Wildman–Crippen MR) is 230 cm³/mol. The first kappa shape index (κ1) is 42.0. The number of urea groups is 1. The second kappa shape index (κ2) is 17.3. The van der Waals surface area contributed by atoms with E-state index in [2.05, 4.69) is 52.2 Å². The summed E-state index contributed by atoms with van der Waals surface area (Å²) in [6.45, 7) is 12.5. The third-order valence-corrected chi connectivity index (χ3v) is 13.3. The number of hydrogen-bond donors (Lipinski definition) is 2. The summed E-state index contributed by atoms with van der Waals surface area (Å²) in [4.78, 5) is 78.5. The zero-order valence-electron chi connectivity index (χ0n) is 35.0. The number of imide groups is 2. The zero-order chi connectivity index (χ0) is 43.1. The summed E-state index contributed by atoms with van der Waals surface area (Å²) in [5, 5.41) is 14.9. The van der Waals surface area contributed by atoms with Gasteiger partial charge in [-0.25, -0.2) is 9.78 Å². The first-order valence-electron chi connectivity index (χ1n) is 21.3. The highest BCUT2D eigenvalue weighted by Crippen LogP contribution is 2.36. The number of hydrogen-bond acceptors (Lipinski definition) is 11. The first-order chi connectivity index (χ1) is 29.3. The number of halogens is 1. The van der Waals surface area contributed by atoms with Gasteiger partial charge in [0.2, 0.25) is 11.8 Å². The molecule has 320 valence electrons. The van der Waals surface area contributed by atoms with Crippen molar-refractivity contribution in [3.05, 3.63) is 76.4 Å². The van der Waals surface area contributed by atoms with E-state index in [4.69, 9.17) is 21.3 Å². The molecule has 5 aliphatic rings. The fraction of sp³-hybridized carbons (Fsp3) is 0.489. The number of piperidine rings is 2. The van der Waals surface area contributed by atoms with Crippen LogP contribution in [0.4, 0.5) is 22.0 Å². The molecule has 3 aromatic rings. The summed E-state index contributed by atoms with van der Waals surface area (Å²) < 4.78 is 6.30. The maximum atomic E-state index is 13.4. The van der Waals surface area contributed by atoms with Crippen molar-refractivity contribution in [1.82, 2.24) is 25.0 Å². The Morgan fingerprint density at radius 3 is 2.41 bits per heavy atom. The van der Waals surface area contributed by atoms with Crippen molar-refractivity contribution in [2.24, 2.45) is 5.92 Å². The summed E-state index contributed by atoms with van der Waals surface area (Å²) in [6.07, 6.45) is 5.72. The first-order valence-corrected chi connectivity index (χ1v) is 21.7. The molecule has 15 nitrogen and oxygen atoms in total. The van der Waals surface area contributed by atoms with E-state index in [-0.39, 0.29) is 48.2 Å². The van der Waals surface area contributed by atoms with E-state index in [0.29, 0.717) is 53.1 Å². The number of fused-ring (bicyclic) bond motifs is 1. The van der Waals surface area contributed by atoms with Gasteiger partial charge in [0.15, 0.2) is 0 Å². The van der Waals surface area contributed by atoms with Gasteiger partial charge in [-0.1, -0.05) is 11.6 Å². The Hall–Kier alpha value is -5.72. The lowest BCUT2D eigenvalue weighted by Crippen LogP contribution is -2.59. The summed E-state index contributed by atoms with van der Waals surface area (Å²) in [7, 11) is 0. The Morgan fingerprint density at radius 2 is 1.74 bits per heavy atom. The second-order valence-corrected chi connectivity index (χ2v) is 17.8. The predicted octanol–water partition coefficient (Wildman–Crippen LogP) is 5.68. The smallest absolute Gasteiger partial charge is 0.322 e. The number of anilines is 3. The summed E-state index contributed by atoms with van der Waals surface area (Å²) in [5.41, 5.74) is 2.48. The van der Waals surface area contributed by atoms with Gasteiger partial charge < -0.3 is 24.8 Å². The molecule has 0 spiro atoms. The number of carbonyl (C=O) groups is 5. The summed E-state index contributed by atoms with van der Waals surface area (Å²) >= 11 is 6.31. The highest BCUT2D eigenvalue weighted by molar-refractivity contribution is 6.32. The van der Waals surface area contributed by atoms with Crippen LogP contribution >= 0.6 is 11.6 Å². The van der Waals surface area contributed by atoms with Crippen molar-refractivity contribution in [2.75, 3.05) is 47.8 Å². The highest BCUT2D eigenvalue weighted by Gasteiger charge is 2.45. The van der Waals surface area contributed by atoms with Crippen molar-refractivity contribution in [2.45, 2.75) is 103 Å². The van der Waals surface area contributed by atoms with E-state index in [9.17, 15) is 29.2 Å². The molecule has 2 N–H and O–H groups in total. The van der Waals surface area contributed by atoms with Gasteiger partial charge in [0.1, 0.15) is 29.8 Å². The number of piperazine rings is 1. The van der Waals surface area contributed by atoms with E-state index in [1.807, 2.05) is 36.1 Å². The van der Waals surface area contributed by atoms with Crippen LogP contribution < -0.4 is 25.2 Å². The fourth-order valence-corrected chi connectivity index (χ4v) is 9.65. The molecule has 2 aromatic carbocycles. The van der Waals surface area contributed by atoms with Gasteiger partial charge in [-0.3, -0.25) is 34.3 Å². The molecular weight excluding hydrogens is 798 g/mol. The Bertz CT molecular complexity index is 2250. The summed E-state index contributed by atoms with van der Waals surface area (Å²) in [5.74, 6) is -0.143. The van der Waals surface area contributed by atoms with Crippen molar-refractivity contribution < 1.29 is 28.7 Å². The number of nitrogens with one attached hydrogen (secondary N) is 2. The van der Waals surface area contributed by atoms with Crippen molar-refractivity contribution in [1.29, 1.82) is 5.26 Å². The SMILES string of the molecule is CC(C)N(CC1CCN(c2ccc(NC(=O)N3C[C@H](C)N(c4ccc(C#N)c(Cl)c4)C[C@H]3C)cn2)CC1)[C@H]1C[C@@H](Oc2ccc3c(c2)C(=O)N(C2CCC(=O)NC2=O)C3=O)C1. The van der Waals surface area contributed by atoms with E-state index < -0.39 is 29.7 Å². The molecule has 0 bridgehead atoms. The van der Waals surface area contributed by atoms with Crippen LogP contribution in [-0.4, -0.2) is 118 Å². The second-order valence-electron chi connectivity index (χ2n) is 17.4. The molecule has 1 aromatic heterocycles. The lowest BCUT2D eigenvalue weighted by Gasteiger charge is -2.46. The molecule has 4 fully saturated rings. The molecule has 4 aliphatic heterocycles. The Morgan fingerprint density at radius 1 is 0.984 bits per heavy atom. The molecule has 3 saturated heterocycles. The minimum atomic E-state index is -1.00. The van der Waals surface area contributed by atoms with Crippen LogP contribution in [0.25, 0.3) is 0 Å². The Labute approximate surface area is 360 Å². The monoisotopic (exact) mass is 849 g/mol. The van der Waals surface area contributed by atoms with Gasteiger partial charge in [0.25, 0.3) is 11.8 Å². The van der Waals surface area contributed by atoms with Crippen LogP contribution in [0.1, 0.15) is 92.5 Å². The average Bonchev–Trinajstić information content (AvgIpc) is 3.47. The lowest BCUT2D eigenvalue weighted by atomic mass is 9.85. The molecule has 0 radical (unpaired) electrons. The maximum absolute atomic E-state index is 13.4. The highest BCUT2D eigenvalue weighted by atomic mass is 35.5. The molecule has 16 heteroatoms. The van der Waals surface area contributed by atoms with Crippen LogP contribution in [0.15, 0.2) is 54.7 Å². The quantitative estimate of drug-likeness (QED) is 0.241. The largest absolute Gasteiger partial charge is 0.490 e. The third kappa shape index (κ3) is 8.61. The van der Waals surface area contributed by atoms with E-state index in [0.717, 1.165) is 61.7 Å². The minimum Gasteiger partial charge on any atom is -0.490 e. The van der Waals surface area contributed by atoms with Crippen LogP contribution in [0.3, 0.4) is 0 Å². The minimum absolute atomic E-state index is 0.0132. The lowest BCUT2D eigenvalue weighted by molar-refractivity contribution is -0.136. The normalized spacial score (nSPS) is 24.5. The molecule has 3 atom stereocenters. The third-order valence-electron chi connectivity index (χ3n) is 13.0. The number of nitriles is 1. The maximum Gasteiger partial charge on any atom is 0.322 e. The van der Waals surface area contributed by atoms with E-state index in [1.165, 1.54) is 0 Å². The van der Waals surface area contributed by atoms with Gasteiger partial charge in [0, 0.05) is 81.8 Å². The number of pyridine rings is 1. The molecule has 61 heavy (non-hydrogen) atoms. The average molecular weight is 850 g/mol. The number of carbonyl (C=O) groups excluding carboxylic acids is 5. The Balaban J connectivity index is 0.784. The molecule has 8 rings (SSSR count). The number of ether oxygens (including phenoxy) is 1. The molecule has 1 unspecified atom stereocenters. The molecule has 1 aliphatic carbocycles. The molecular formula is C45H52ClN9O6. The van der Waals surface area contributed by atoms with Crippen molar-refractivity contribution in [3.63, 3.8) is 0 Å². The van der Waals surface area contributed by atoms with E-state index in [1.54, 1.807) is 30.5 Å². The number of nitrogens with zero attached hydrogens (tertiary/aromatic N) is 7. The number of benzene rings is 2. The fourth-order valence-electron chi connectivity index (χ4n) is 9.43. The van der Waals surface area contributed by atoms with Gasteiger partial charge in [-0.2, -0.15) is 5.26 Å². The molecule has 5 heterocycles. The van der Waals surface area contributed by atoms with Gasteiger partial charge in [-0.15, -0.1) is 0 Å². The zero-order valence-corrected chi connectivity index (χ0v) is 35.7. The standard InChI is InChI=1S/C45H52ClN9O6/c1-26(2)52(33-17-35(18-33)61-34-8-9-36-37(20-34)44(59)55(43(36)58)39-10-12-41(56)50-42(39)57)25-29-13-15-51(16-14-29)40-11-6-31(22-48-40)49-45(60)54-24-27(3)53(23-28(54)4)32-7-5-30(21-47)38(46)19-32/h5-9,11,19-20,22,26-29,33,35,39H,10,12-18,23-25H2,1-4H3,(H,49,60)(H,50,56,57)/t27-,28+,33-,35+,39?/m0/s1. The van der Waals surface area contributed by atoms with Crippen molar-refractivity contribution >= 4 is 58.5 Å². The van der Waals surface area contributed by atoms with Crippen molar-refractivity contribution in [3.8, 4) is 11.8 Å².